The molecule has 2 aliphatic carbocycles. The Morgan fingerprint density at radius 2 is 1.57 bits per heavy atom. The second-order valence-electron chi connectivity index (χ2n) is 8.56. The number of hydrogen-bond acceptors (Lipinski definition) is 0. The van der Waals surface area contributed by atoms with E-state index in [1.807, 2.05) is 0 Å². The molecule has 0 N–H and O–H groups in total. The lowest BCUT2D eigenvalue weighted by atomic mass is 9.50. The quantitative estimate of drug-likeness (QED) is 0.467. The van der Waals surface area contributed by atoms with E-state index in [9.17, 15) is 0 Å². The van der Waals surface area contributed by atoms with Crippen LogP contribution in [0, 0.1) is 23.2 Å². The van der Waals surface area contributed by atoms with Crippen molar-refractivity contribution in [2.75, 3.05) is 0 Å². The molecule has 0 aromatic carbocycles. The summed E-state index contributed by atoms with van der Waals surface area (Å²) in [5.74, 6) is 2.87. The summed E-state index contributed by atoms with van der Waals surface area (Å²) in [5, 5.41) is 0. The van der Waals surface area contributed by atoms with Gasteiger partial charge in [-0.3, -0.25) is 0 Å². The highest BCUT2D eigenvalue weighted by Crippen LogP contribution is 2.60. The summed E-state index contributed by atoms with van der Waals surface area (Å²) in [4.78, 5) is 0. The van der Waals surface area contributed by atoms with Gasteiger partial charge in [-0.25, -0.2) is 0 Å². The van der Waals surface area contributed by atoms with Crippen LogP contribution in [0.25, 0.3) is 0 Å². The van der Waals surface area contributed by atoms with Gasteiger partial charge >= 0.3 is 0 Å². The van der Waals surface area contributed by atoms with Crippen LogP contribution in [0.5, 0.6) is 0 Å². The third-order valence-corrected chi connectivity index (χ3v) is 4.70. The highest BCUT2D eigenvalue weighted by Gasteiger charge is 2.48. The SMILES string of the molecule is C=C(C)CCCC.CC(C)C.CC(C)C1CC2(CCC2)C1. The van der Waals surface area contributed by atoms with Crippen LogP contribution in [0.4, 0.5) is 0 Å². The lowest BCUT2D eigenvalue weighted by molar-refractivity contribution is -0.0435. The first-order valence-electron chi connectivity index (χ1n) is 9.37. The van der Waals surface area contributed by atoms with Crippen LogP contribution in [0.15, 0.2) is 12.2 Å². The highest BCUT2D eigenvalue weighted by molar-refractivity contribution is 4.99. The van der Waals surface area contributed by atoms with Gasteiger partial charge in [-0.2, -0.15) is 0 Å². The molecule has 2 saturated carbocycles. The molecule has 2 fully saturated rings. The second-order valence-corrected chi connectivity index (χ2v) is 8.56. The van der Waals surface area contributed by atoms with E-state index in [1.54, 1.807) is 25.7 Å². The molecule has 0 amide bonds. The van der Waals surface area contributed by atoms with Crippen LogP contribution >= 0.6 is 0 Å². The van der Waals surface area contributed by atoms with E-state index in [2.05, 4.69) is 55.0 Å². The van der Waals surface area contributed by atoms with Gasteiger partial charge in [0.25, 0.3) is 0 Å². The average Bonchev–Trinajstić information content (AvgIpc) is 2.21. The van der Waals surface area contributed by atoms with Crippen molar-refractivity contribution in [3.05, 3.63) is 12.2 Å². The first-order chi connectivity index (χ1) is 9.72. The van der Waals surface area contributed by atoms with E-state index < -0.39 is 0 Å². The molecule has 0 nitrogen and oxygen atoms in total. The lowest BCUT2D eigenvalue weighted by Gasteiger charge is -2.55. The maximum absolute atomic E-state index is 3.79. The lowest BCUT2D eigenvalue weighted by Crippen LogP contribution is -2.44. The molecular formula is C21H42. The molecule has 2 aliphatic rings. The molecule has 126 valence electrons. The van der Waals surface area contributed by atoms with Crippen LogP contribution in [0.3, 0.4) is 0 Å². The van der Waals surface area contributed by atoms with Crippen LogP contribution in [0.1, 0.15) is 99.8 Å². The largest absolute Gasteiger partial charge is 0.100 e. The van der Waals surface area contributed by atoms with E-state index >= 15 is 0 Å². The average molecular weight is 295 g/mol. The maximum atomic E-state index is 3.79. The Morgan fingerprint density at radius 3 is 1.76 bits per heavy atom. The topological polar surface area (TPSA) is 0 Å². The monoisotopic (exact) mass is 294 g/mol. The van der Waals surface area contributed by atoms with Gasteiger partial charge in [0.05, 0.1) is 0 Å². The molecule has 0 aromatic heterocycles. The van der Waals surface area contributed by atoms with Crippen molar-refractivity contribution in [2.24, 2.45) is 23.2 Å². The van der Waals surface area contributed by atoms with Gasteiger partial charge in [0, 0.05) is 0 Å². The number of hydrogen-bond donors (Lipinski definition) is 0. The molecule has 0 bridgehead atoms. The fourth-order valence-electron chi connectivity index (χ4n) is 3.09. The Labute approximate surface area is 135 Å². The van der Waals surface area contributed by atoms with Gasteiger partial charge in [0.1, 0.15) is 0 Å². The summed E-state index contributed by atoms with van der Waals surface area (Å²) < 4.78 is 0. The Balaban J connectivity index is 0.000000321. The first-order valence-corrected chi connectivity index (χ1v) is 9.37. The van der Waals surface area contributed by atoms with Crippen molar-refractivity contribution in [1.29, 1.82) is 0 Å². The maximum Gasteiger partial charge on any atom is -0.0292 e. The zero-order valence-electron chi connectivity index (χ0n) is 16.1. The van der Waals surface area contributed by atoms with E-state index in [0.29, 0.717) is 0 Å². The van der Waals surface area contributed by atoms with E-state index in [-0.39, 0.29) is 0 Å². The summed E-state index contributed by atoms with van der Waals surface area (Å²) in [6.07, 6.45) is 11.5. The van der Waals surface area contributed by atoms with Crippen molar-refractivity contribution >= 4 is 0 Å². The predicted octanol–water partition coefficient (Wildman–Crippen LogP) is 7.64. The normalized spacial score (nSPS) is 19.1. The highest BCUT2D eigenvalue weighted by atomic mass is 14.5. The van der Waals surface area contributed by atoms with Gasteiger partial charge in [-0.1, -0.05) is 60.0 Å². The molecule has 0 heterocycles. The molecule has 0 saturated heterocycles. The van der Waals surface area contributed by atoms with Gasteiger partial charge in [0.2, 0.25) is 0 Å². The van der Waals surface area contributed by atoms with Crippen LogP contribution in [-0.2, 0) is 0 Å². The minimum absolute atomic E-state index is 0.833. The zero-order chi connectivity index (χ0) is 16.5. The van der Waals surface area contributed by atoms with E-state index in [1.165, 1.54) is 31.3 Å². The standard InChI is InChI=1S/C10H18.C7H14.C4H10/c1-8(2)9-6-10(7-9)4-3-5-10;1-4-5-6-7(2)3;1-4(2)3/h8-9H,3-7H2,1-2H3;2,4-6H2,1,3H3;4H,1-3H3. The van der Waals surface area contributed by atoms with Crippen LogP contribution < -0.4 is 0 Å². The molecular weight excluding hydrogens is 252 g/mol. The Bertz CT molecular complexity index is 257. The van der Waals surface area contributed by atoms with Gasteiger partial charge in [-0.15, -0.1) is 6.58 Å². The van der Waals surface area contributed by atoms with Crippen molar-refractivity contribution < 1.29 is 0 Å². The number of allylic oxidation sites excluding steroid dienone is 1. The fourth-order valence-corrected chi connectivity index (χ4v) is 3.09. The van der Waals surface area contributed by atoms with Gasteiger partial charge < -0.3 is 0 Å². The summed E-state index contributed by atoms with van der Waals surface area (Å²) in [6, 6.07) is 0. The molecule has 1 spiro atoms. The Hall–Kier alpha value is -0.260. The van der Waals surface area contributed by atoms with Crippen LogP contribution in [-0.4, -0.2) is 0 Å². The Morgan fingerprint density at radius 1 is 1.10 bits per heavy atom. The minimum atomic E-state index is 0.833. The van der Waals surface area contributed by atoms with Crippen molar-refractivity contribution in [3.8, 4) is 0 Å². The molecule has 0 atom stereocenters. The minimum Gasteiger partial charge on any atom is -0.100 e. The second kappa shape index (κ2) is 10.5. The fraction of sp³-hybridized carbons (Fsp3) is 0.905. The summed E-state index contributed by atoms with van der Waals surface area (Å²) in [6.45, 7) is 19.3. The van der Waals surface area contributed by atoms with E-state index in [0.717, 1.165) is 23.2 Å². The predicted molar refractivity (Wildman–Crippen MR) is 98.7 cm³/mol. The molecule has 0 heteroatoms. The Kier molecular flexibility index (Phi) is 10.3. The van der Waals surface area contributed by atoms with Crippen LogP contribution in [0.2, 0.25) is 0 Å². The third kappa shape index (κ3) is 9.38. The van der Waals surface area contributed by atoms with Gasteiger partial charge in [0.15, 0.2) is 0 Å². The molecule has 0 aliphatic heterocycles. The molecule has 21 heavy (non-hydrogen) atoms. The molecule has 0 aromatic rings. The first kappa shape index (κ1) is 20.7. The molecule has 0 unspecified atom stereocenters. The summed E-state index contributed by atoms with van der Waals surface area (Å²) in [7, 11) is 0. The van der Waals surface area contributed by atoms with Crippen molar-refractivity contribution in [2.45, 2.75) is 99.8 Å². The summed E-state index contributed by atoms with van der Waals surface area (Å²) >= 11 is 0. The number of rotatable bonds is 4. The van der Waals surface area contributed by atoms with Crippen molar-refractivity contribution in [3.63, 3.8) is 0 Å². The summed E-state index contributed by atoms with van der Waals surface area (Å²) in [5.41, 5.74) is 2.21. The van der Waals surface area contributed by atoms with Gasteiger partial charge in [-0.05, 0) is 68.6 Å². The number of unbranched alkanes of at least 4 members (excludes halogenated alkanes) is 1. The van der Waals surface area contributed by atoms with Crippen molar-refractivity contribution in [1.82, 2.24) is 0 Å². The van der Waals surface area contributed by atoms with E-state index in [4.69, 9.17) is 0 Å². The smallest absolute Gasteiger partial charge is 0.0292 e. The molecule has 0 radical (unpaired) electrons. The third-order valence-electron chi connectivity index (χ3n) is 4.70. The molecule has 2 rings (SSSR count). The zero-order valence-corrected chi connectivity index (χ0v) is 16.1.